The van der Waals surface area contributed by atoms with Crippen molar-refractivity contribution in [3.63, 3.8) is 0 Å². The van der Waals surface area contributed by atoms with Gasteiger partial charge in [-0.1, -0.05) is 214 Å². The zero-order valence-electron chi connectivity index (χ0n) is 36.1. The molecule has 306 valence electrons. The molecule has 0 bridgehead atoms. The molecule has 2 aliphatic rings. The number of benzene rings is 9. The number of nitrogens with zero attached hydrogens (tertiary/aromatic N) is 2. The summed E-state index contributed by atoms with van der Waals surface area (Å²) in [6.45, 7) is 4.67. The summed E-state index contributed by atoms with van der Waals surface area (Å²) in [6, 6.07) is 80.1. The minimum Gasteiger partial charge on any atom is -0.228 e. The number of hydrogen-bond donors (Lipinski definition) is 0. The normalized spacial score (nSPS) is 13.9. The second kappa shape index (κ2) is 14.4. The summed E-state index contributed by atoms with van der Waals surface area (Å²) < 4.78 is 2.63. The highest BCUT2D eigenvalue weighted by molar-refractivity contribution is 7.26. The predicted octanol–water partition coefficient (Wildman–Crippen LogP) is 16.2. The Bertz CT molecular complexity index is 3640. The molecule has 0 N–H and O–H groups in total. The standard InChI is InChI=1S/C62H42N2S/c1-61(2)51-27-12-10-23-49(51)58-50(26-16-29-53(58)61)60-63-55(40-33-31-39(32-34-40)44-24-15-25-48-47-22-11-14-30-57(47)65-59(44)48)38-56(64-60)41-35-36-46-45-21-9-13-28-52(45)62(54(46)37-41,42-17-5-3-6-18-42)43-19-7-4-8-20-43/h3-38H,1-2H3. The fourth-order valence-electron chi connectivity index (χ4n) is 11.2. The molecule has 2 heterocycles. The van der Waals surface area contributed by atoms with Crippen LogP contribution < -0.4 is 0 Å². The van der Waals surface area contributed by atoms with Crippen LogP contribution in [-0.2, 0) is 10.8 Å². The second-order valence-electron chi connectivity index (χ2n) is 18.0. The van der Waals surface area contributed by atoms with E-state index in [9.17, 15) is 0 Å². The van der Waals surface area contributed by atoms with Crippen molar-refractivity contribution in [3.8, 4) is 67.3 Å². The van der Waals surface area contributed by atoms with Crippen molar-refractivity contribution < 1.29 is 0 Å². The smallest absolute Gasteiger partial charge is 0.161 e. The first-order valence-corrected chi connectivity index (χ1v) is 23.3. The maximum absolute atomic E-state index is 5.58. The van der Waals surface area contributed by atoms with Gasteiger partial charge in [-0.15, -0.1) is 11.3 Å². The van der Waals surface area contributed by atoms with E-state index in [1.807, 2.05) is 11.3 Å². The zero-order valence-corrected chi connectivity index (χ0v) is 36.9. The third-order valence-electron chi connectivity index (χ3n) is 14.2. The van der Waals surface area contributed by atoms with Crippen LogP contribution in [0.25, 0.3) is 87.5 Å². The Balaban J connectivity index is 1.02. The van der Waals surface area contributed by atoms with Crippen LogP contribution in [0.5, 0.6) is 0 Å². The molecule has 2 nitrogen and oxygen atoms in total. The van der Waals surface area contributed by atoms with Crippen molar-refractivity contribution in [2.75, 3.05) is 0 Å². The average Bonchev–Trinajstić information content (AvgIpc) is 3.98. The lowest BCUT2D eigenvalue weighted by Gasteiger charge is -2.34. The summed E-state index contributed by atoms with van der Waals surface area (Å²) >= 11 is 1.87. The van der Waals surface area contributed by atoms with E-state index in [1.54, 1.807) is 0 Å². The van der Waals surface area contributed by atoms with Crippen LogP contribution in [0.3, 0.4) is 0 Å². The van der Waals surface area contributed by atoms with Gasteiger partial charge >= 0.3 is 0 Å². The van der Waals surface area contributed by atoms with E-state index >= 15 is 0 Å². The second-order valence-corrected chi connectivity index (χ2v) is 19.1. The van der Waals surface area contributed by atoms with Crippen molar-refractivity contribution in [3.05, 3.63) is 252 Å². The van der Waals surface area contributed by atoms with Crippen molar-refractivity contribution >= 4 is 31.5 Å². The Kier molecular flexibility index (Phi) is 8.38. The van der Waals surface area contributed by atoms with Gasteiger partial charge in [-0.25, -0.2) is 9.97 Å². The molecule has 0 aliphatic heterocycles. The van der Waals surface area contributed by atoms with Crippen LogP contribution in [0.4, 0.5) is 0 Å². The molecule has 0 fully saturated rings. The fourth-order valence-corrected chi connectivity index (χ4v) is 12.4. The summed E-state index contributed by atoms with van der Waals surface area (Å²) in [4.78, 5) is 11.1. The van der Waals surface area contributed by atoms with Gasteiger partial charge in [0, 0.05) is 42.3 Å². The molecule has 0 unspecified atom stereocenters. The Morgan fingerprint density at radius 2 is 0.908 bits per heavy atom. The Hall–Kier alpha value is -7.72. The molecular weight excluding hydrogens is 805 g/mol. The minimum absolute atomic E-state index is 0.150. The van der Waals surface area contributed by atoms with Gasteiger partial charge in [0.15, 0.2) is 5.82 Å². The van der Waals surface area contributed by atoms with Crippen molar-refractivity contribution in [1.82, 2.24) is 9.97 Å². The molecule has 2 aromatic heterocycles. The van der Waals surface area contributed by atoms with E-state index in [-0.39, 0.29) is 5.41 Å². The van der Waals surface area contributed by atoms with E-state index in [2.05, 4.69) is 232 Å². The first-order valence-electron chi connectivity index (χ1n) is 22.5. The summed E-state index contributed by atoms with van der Waals surface area (Å²) in [5.41, 5.74) is 19.4. The van der Waals surface area contributed by atoms with Gasteiger partial charge in [0.1, 0.15) is 0 Å². The maximum Gasteiger partial charge on any atom is 0.161 e. The SMILES string of the molecule is CC1(C)c2ccccc2-c2c(-c3nc(-c4ccc(-c5cccc6c5sc5ccccc56)cc4)cc(-c4ccc5c(c4)C(c4ccccc4)(c4ccccc4)c4ccccc4-5)n3)cccc21. The number of fused-ring (bicyclic) bond motifs is 9. The molecule has 3 heteroatoms. The molecule has 9 aromatic carbocycles. The average molecular weight is 847 g/mol. The molecule has 0 amide bonds. The van der Waals surface area contributed by atoms with Crippen molar-refractivity contribution in [2.24, 2.45) is 0 Å². The third kappa shape index (κ3) is 5.59. The van der Waals surface area contributed by atoms with Crippen molar-refractivity contribution in [2.45, 2.75) is 24.7 Å². The molecule has 0 radical (unpaired) electrons. The van der Waals surface area contributed by atoms with E-state index in [4.69, 9.17) is 9.97 Å². The van der Waals surface area contributed by atoms with Crippen LogP contribution in [-0.4, -0.2) is 9.97 Å². The van der Waals surface area contributed by atoms with Gasteiger partial charge in [0.2, 0.25) is 0 Å². The maximum atomic E-state index is 5.58. The molecule has 11 aromatic rings. The first-order chi connectivity index (χ1) is 32.0. The van der Waals surface area contributed by atoms with Crippen LogP contribution in [0, 0.1) is 0 Å². The highest BCUT2D eigenvalue weighted by atomic mass is 32.1. The topological polar surface area (TPSA) is 25.8 Å². The van der Waals surface area contributed by atoms with Gasteiger partial charge in [-0.3, -0.25) is 0 Å². The number of aromatic nitrogens is 2. The molecule has 2 aliphatic carbocycles. The quantitative estimate of drug-likeness (QED) is 0.167. The van der Waals surface area contributed by atoms with Crippen LogP contribution in [0.2, 0.25) is 0 Å². The van der Waals surface area contributed by atoms with E-state index in [0.29, 0.717) is 0 Å². The summed E-state index contributed by atoms with van der Waals surface area (Å²) in [7, 11) is 0. The summed E-state index contributed by atoms with van der Waals surface area (Å²) in [5, 5.41) is 2.61. The van der Waals surface area contributed by atoms with Crippen LogP contribution in [0.15, 0.2) is 218 Å². The molecular formula is C62H42N2S. The monoisotopic (exact) mass is 846 g/mol. The van der Waals surface area contributed by atoms with E-state index in [0.717, 1.165) is 33.9 Å². The van der Waals surface area contributed by atoms with Gasteiger partial charge in [0.25, 0.3) is 0 Å². The van der Waals surface area contributed by atoms with Gasteiger partial charge < -0.3 is 0 Å². The van der Waals surface area contributed by atoms with Crippen LogP contribution >= 0.6 is 11.3 Å². The molecule has 65 heavy (non-hydrogen) atoms. The largest absolute Gasteiger partial charge is 0.228 e. The van der Waals surface area contributed by atoms with Gasteiger partial charge in [-0.2, -0.15) is 0 Å². The number of rotatable bonds is 6. The van der Waals surface area contributed by atoms with Crippen molar-refractivity contribution in [1.29, 1.82) is 0 Å². The lowest BCUT2D eigenvalue weighted by Crippen LogP contribution is -2.28. The molecule has 13 rings (SSSR count). The minimum atomic E-state index is -0.522. The van der Waals surface area contributed by atoms with Gasteiger partial charge in [0.05, 0.1) is 16.8 Å². The van der Waals surface area contributed by atoms with Gasteiger partial charge in [-0.05, 0) is 85.0 Å². The Labute approximate surface area is 383 Å². The first kappa shape index (κ1) is 37.8. The Morgan fingerprint density at radius 1 is 0.369 bits per heavy atom. The Morgan fingerprint density at radius 3 is 1.68 bits per heavy atom. The summed E-state index contributed by atoms with van der Waals surface area (Å²) in [6.07, 6.45) is 0. The third-order valence-corrected chi connectivity index (χ3v) is 15.4. The number of hydrogen-bond acceptors (Lipinski definition) is 3. The summed E-state index contributed by atoms with van der Waals surface area (Å²) in [5.74, 6) is 0.724. The fraction of sp³-hybridized carbons (Fsp3) is 0.0645. The lowest BCUT2D eigenvalue weighted by molar-refractivity contribution is 0.660. The number of thiophene rings is 1. The van der Waals surface area contributed by atoms with E-state index < -0.39 is 5.41 Å². The molecule has 0 spiro atoms. The molecule has 0 saturated heterocycles. The molecule has 0 atom stereocenters. The van der Waals surface area contributed by atoms with E-state index in [1.165, 1.54) is 86.9 Å². The predicted molar refractivity (Wildman–Crippen MR) is 272 cm³/mol. The highest BCUT2D eigenvalue weighted by Crippen LogP contribution is 2.57. The zero-order chi connectivity index (χ0) is 43.3. The molecule has 0 saturated carbocycles. The lowest BCUT2D eigenvalue weighted by atomic mass is 9.67. The van der Waals surface area contributed by atoms with Crippen LogP contribution in [0.1, 0.15) is 47.2 Å². The highest BCUT2D eigenvalue weighted by Gasteiger charge is 2.46.